The number of benzene rings is 1. The first-order valence-electron chi connectivity index (χ1n) is 8.55. The minimum atomic E-state index is -0.251. The van der Waals surface area contributed by atoms with Crippen molar-refractivity contribution in [3.8, 4) is 11.5 Å². The van der Waals surface area contributed by atoms with Crippen molar-refractivity contribution in [3.05, 3.63) is 34.2 Å². The average molecular weight is 378 g/mol. The summed E-state index contributed by atoms with van der Waals surface area (Å²) in [5.74, 6) is 1.48. The van der Waals surface area contributed by atoms with E-state index in [1.165, 1.54) is 11.8 Å². The lowest BCUT2D eigenvalue weighted by molar-refractivity contribution is -0.119. The number of hydrogen-bond donors (Lipinski definition) is 2. The Morgan fingerprint density at radius 1 is 1.38 bits per heavy atom. The first-order chi connectivity index (χ1) is 12.6. The zero-order valence-corrected chi connectivity index (χ0v) is 15.6. The number of aromatic nitrogens is 3. The van der Waals surface area contributed by atoms with Gasteiger partial charge < -0.3 is 14.8 Å². The second kappa shape index (κ2) is 8.31. The number of rotatable bonds is 7. The molecule has 1 aromatic carbocycles. The molecule has 2 aromatic rings. The normalized spacial score (nSPS) is 14.1. The molecular weight excluding hydrogens is 356 g/mol. The van der Waals surface area contributed by atoms with E-state index in [2.05, 4.69) is 15.5 Å². The van der Waals surface area contributed by atoms with Crippen LogP contribution in [0.2, 0.25) is 0 Å². The van der Waals surface area contributed by atoms with E-state index in [4.69, 9.17) is 9.47 Å². The summed E-state index contributed by atoms with van der Waals surface area (Å²) in [6, 6.07) is 5.49. The van der Waals surface area contributed by atoms with Gasteiger partial charge in [-0.05, 0) is 31.0 Å². The number of thioether (sulfide) groups is 1. The highest BCUT2D eigenvalue weighted by molar-refractivity contribution is 7.99. The van der Waals surface area contributed by atoms with Crippen LogP contribution in [0, 0.1) is 0 Å². The van der Waals surface area contributed by atoms with Crippen LogP contribution in [0.3, 0.4) is 0 Å². The number of aromatic amines is 1. The Bertz CT molecular complexity index is 832. The Hall–Kier alpha value is -2.42. The maximum Gasteiger partial charge on any atom is 0.343 e. The third-order valence-corrected chi connectivity index (χ3v) is 4.92. The van der Waals surface area contributed by atoms with Crippen molar-refractivity contribution < 1.29 is 14.3 Å². The number of amides is 1. The number of nitrogens with one attached hydrogen (secondary N) is 2. The van der Waals surface area contributed by atoms with Gasteiger partial charge in [-0.2, -0.15) is 0 Å². The number of carbonyl (C=O) groups excluding carboxylic acids is 1. The number of ether oxygens (including phenoxy) is 2. The highest BCUT2D eigenvalue weighted by Gasteiger charge is 2.17. The fraction of sp³-hybridized carbons (Fsp3) is 0.471. The van der Waals surface area contributed by atoms with E-state index < -0.39 is 0 Å². The minimum Gasteiger partial charge on any atom is -0.486 e. The second-order valence-corrected chi connectivity index (χ2v) is 6.89. The van der Waals surface area contributed by atoms with Gasteiger partial charge in [-0.25, -0.2) is 9.89 Å². The molecule has 9 heteroatoms. The topological polar surface area (TPSA) is 98.2 Å². The molecule has 8 nitrogen and oxygen atoms in total. The van der Waals surface area contributed by atoms with Crippen molar-refractivity contribution >= 4 is 17.7 Å². The summed E-state index contributed by atoms with van der Waals surface area (Å²) < 4.78 is 12.6. The molecule has 26 heavy (non-hydrogen) atoms. The number of H-pyrrole nitrogens is 1. The lowest BCUT2D eigenvalue weighted by Crippen LogP contribution is -2.28. The van der Waals surface area contributed by atoms with Crippen LogP contribution >= 0.6 is 11.8 Å². The van der Waals surface area contributed by atoms with E-state index in [-0.39, 0.29) is 23.4 Å². The highest BCUT2D eigenvalue weighted by Crippen LogP contribution is 2.32. The number of carbonyl (C=O) groups is 1. The molecule has 0 aliphatic carbocycles. The Morgan fingerprint density at radius 3 is 2.92 bits per heavy atom. The molecule has 1 aliphatic heterocycles. The largest absolute Gasteiger partial charge is 0.486 e. The van der Waals surface area contributed by atoms with Gasteiger partial charge in [0.05, 0.1) is 11.8 Å². The van der Waals surface area contributed by atoms with Crippen molar-refractivity contribution in [1.82, 2.24) is 20.1 Å². The zero-order valence-electron chi connectivity index (χ0n) is 14.8. The maximum atomic E-state index is 12.3. The second-order valence-electron chi connectivity index (χ2n) is 5.94. The summed E-state index contributed by atoms with van der Waals surface area (Å²) in [7, 11) is 0. The standard InChI is InChI=1S/C17H22N4O4S/c1-3-6-21-16(23)19-20-17(21)26-10-15(22)18-11(2)12-4-5-13-14(9-12)25-8-7-24-13/h4-5,9,11H,3,6-8,10H2,1-2H3,(H,18,22)(H,19,23)/t11-/m1/s1. The van der Waals surface area contributed by atoms with Crippen molar-refractivity contribution in [2.45, 2.75) is 38.0 Å². The fourth-order valence-corrected chi connectivity index (χ4v) is 3.44. The summed E-state index contributed by atoms with van der Waals surface area (Å²) in [6.07, 6.45) is 0.820. The predicted molar refractivity (Wildman–Crippen MR) is 97.9 cm³/mol. The first-order valence-corrected chi connectivity index (χ1v) is 9.54. The molecule has 0 bridgehead atoms. The molecule has 1 atom stereocenters. The van der Waals surface area contributed by atoms with Crippen molar-refractivity contribution in [1.29, 1.82) is 0 Å². The molecule has 2 heterocycles. The van der Waals surface area contributed by atoms with Gasteiger partial charge in [0, 0.05) is 6.54 Å². The average Bonchev–Trinajstić information content (AvgIpc) is 3.00. The quantitative estimate of drug-likeness (QED) is 0.712. The molecule has 0 fully saturated rings. The molecule has 0 unspecified atom stereocenters. The van der Waals surface area contributed by atoms with Gasteiger partial charge in [0.15, 0.2) is 16.7 Å². The van der Waals surface area contributed by atoms with Crippen LogP contribution in [-0.2, 0) is 11.3 Å². The van der Waals surface area contributed by atoms with Crippen LogP contribution in [0.1, 0.15) is 31.9 Å². The summed E-state index contributed by atoms with van der Waals surface area (Å²) in [5.41, 5.74) is 0.690. The minimum absolute atomic E-state index is 0.129. The van der Waals surface area contributed by atoms with Gasteiger partial charge in [-0.3, -0.25) is 9.36 Å². The highest BCUT2D eigenvalue weighted by atomic mass is 32.2. The number of fused-ring (bicyclic) bond motifs is 1. The van der Waals surface area contributed by atoms with Gasteiger partial charge in [0.25, 0.3) is 0 Å². The lowest BCUT2D eigenvalue weighted by Gasteiger charge is -2.21. The van der Waals surface area contributed by atoms with Crippen LogP contribution in [-0.4, -0.2) is 39.6 Å². The predicted octanol–water partition coefficient (Wildman–Crippen LogP) is 1.72. The lowest BCUT2D eigenvalue weighted by atomic mass is 10.1. The molecule has 140 valence electrons. The SMILES string of the molecule is CCCn1c(SCC(=O)N[C@H](C)c2ccc3c(c2)OCCO3)n[nH]c1=O. The van der Waals surface area contributed by atoms with Crippen LogP contribution in [0.15, 0.2) is 28.2 Å². The summed E-state index contributed by atoms with van der Waals surface area (Å²) in [6.45, 7) is 5.54. The molecule has 0 saturated carbocycles. The summed E-state index contributed by atoms with van der Waals surface area (Å²) in [4.78, 5) is 23.9. The van der Waals surface area contributed by atoms with E-state index in [0.717, 1.165) is 17.7 Å². The molecule has 1 aliphatic rings. The van der Waals surface area contributed by atoms with Crippen molar-refractivity contribution in [2.75, 3.05) is 19.0 Å². The van der Waals surface area contributed by atoms with E-state index >= 15 is 0 Å². The molecule has 0 saturated heterocycles. The smallest absolute Gasteiger partial charge is 0.343 e. The molecule has 2 N–H and O–H groups in total. The van der Waals surface area contributed by atoms with E-state index in [1.807, 2.05) is 32.0 Å². The van der Waals surface area contributed by atoms with E-state index in [9.17, 15) is 9.59 Å². The van der Waals surface area contributed by atoms with Crippen molar-refractivity contribution in [3.63, 3.8) is 0 Å². The zero-order chi connectivity index (χ0) is 18.5. The molecule has 1 aromatic heterocycles. The van der Waals surface area contributed by atoms with Gasteiger partial charge >= 0.3 is 5.69 Å². The summed E-state index contributed by atoms with van der Waals surface area (Å²) >= 11 is 1.24. The molecule has 3 rings (SSSR count). The van der Waals surface area contributed by atoms with Crippen molar-refractivity contribution in [2.24, 2.45) is 0 Å². The summed E-state index contributed by atoms with van der Waals surface area (Å²) in [5, 5.41) is 9.87. The number of hydrogen-bond acceptors (Lipinski definition) is 6. The molecule has 0 radical (unpaired) electrons. The third kappa shape index (κ3) is 4.21. The monoisotopic (exact) mass is 378 g/mol. The maximum absolute atomic E-state index is 12.3. The van der Waals surface area contributed by atoms with Crippen LogP contribution < -0.4 is 20.5 Å². The van der Waals surface area contributed by atoms with Crippen LogP contribution in [0.4, 0.5) is 0 Å². The third-order valence-electron chi connectivity index (χ3n) is 3.95. The first kappa shape index (κ1) is 18.4. The molecule has 1 amide bonds. The number of nitrogens with zero attached hydrogens (tertiary/aromatic N) is 2. The van der Waals surface area contributed by atoms with E-state index in [0.29, 0.717) is 30.7 Å². The van der Waals surface area contributed by atoms with Gasteiger partial charge in [0.1, 0.15) is 13.2 Å². The molecule has 0 spiro atoms. The Labute approximate surface area is 155 Å². The molecular formula is C17H22N4O4S. The van der Waals surface area contributed by atoms with Gasteiger partial charge in [0.2, 0.25) is 5.91 Å². The van der Waals surface area contributed by atoms with E-state index in [1.54, 1.807) is 4.57 Å². The van der Waals surface area contributed by atoms with Gasteiger partial charge in [-0.1, -0.05) is 24.8 Å². The Kier molecular flexibility index (Phi) is 5.87. The van der Waals surface area contributed by atoms with Crippen LogP contribution in [0.5, 0.6) is 11.5 Å². The van der Waals surface area contributed by atoms with Crippen LogP contribution in [0.25, 0.3) is 0 Å². The fourth-order valence-electron chi connectivity index (χ4n) is 2.66. The Balaban J connectivity index is 1.57. The Morgan fingerprint density at radius 2 is 2.15 bits per heavy atom. The van der Waals surface area contributed by atoms with Gasteiger partial charge in [-0.15, -0.1) is 5.10 Å².